The third-order valence-electron chi connectivity index (χ3n) is 3.18. The van der Waals surface area contributed by atoms with Crippen molar-refractivity contribution in [3.05, 3.63) is 23.2 Å². The van der Waals surface area contributed by atoms with E-state index in [0.717, 1.165) is 19.3 Å². The van der Waals surface area contributed by atoms with E-state index in [-0.39, 0.29) is 15.8 Å². The monoisotopic (exact) mass is 316 g/mol. The zero-order valence-corrected chi connectivity index (χ0v) is 12.8. The summed E-state index contributed by atoms with van der Waals surface area (Å²) in [6.07, 6.45) is 2.77. The molecule has 1 fully saturated rings. The molecule has 1 aliphatic heterocycles. The molecule has 20 heavy (non-hydrogen) atoms. The van der Waals surface area contributed by atoms with Crippen molar-refractivity contribution in [3.8, 4) is 0 Å². The maximum Gasteiger partial charge on any atom is 0.244 e. The Bertz CT molecular complexity index is 610. The van der Waals surface area contributed by atoms with Crippen molar-refractivity contribution in [1.82, 2.24) is 4.31 Å². The highest BCUT2D eigenvalue weighted by molar-refractivity contribution is 7.89. The number of hydrogen-bond acceptors (Lipinski definition) is 3. The second-order valence-corrected chi connectivity index (χ2v) is 7.10. The Morgan fingerprint density at radius 3 is 2.50 bits per heavy atom. The van der Waals surface area contributed by atoms with E-state index in [4.69, 9.17) is 11.6 Å². The van der Waals surface area contributed by atoms with E-state index in [1.807, 2.05) is 0 Å². The van der Waals surface area contributed by atoms with Crippen molar-refractivity contribution in [1.29, 1.82) is 0 Å². The van der Waals surface area contributed by atoms with Crippen LogP contribution in [0.15, 0.2) is 23.1 Å². The van der Waals surface area contributed by atoms with E-state index in [1.54, 1.807) is 6.07 Å². The van der Waals surface area contributed by atoms with Gasteiger partial charge in [-0.05, 0) is 31.0 Å². The second kappa shape index (κ2) is 6.11. The molecule has 110 valence electrons. The zero-order chi connectivity index (χ0) is 14.8. The van der Waals surface area contributed by atoms with Crippen molar-refractivity contribution in [3.63, 3.8) is 0 Å². The molecule has 2 rings (SSSR count). The summed E-state index contributed by atoms with van der Waals surface area (Å²) in [5.74, 6) is -0.256. The Kier molecular flexibility index (Phi) is 4.67. The van der Waals surface area contributed by atoms with Crippen LogP contribution in [0.1, 0.15) is 26.2 Å². The first-order valence-corrected chi connectivity index (χ1v) is 8.30. The Morgan fingerprint density at radius 1 is 1.25 bits per heavy atom. The summed E-state index contributed by atoms with van der Waals surface area (Å²) in [4.78, 5) is 11.1. The number of amides is 1. The van der Waals surface area contributed by atoms with Gasteiger partial charge in [0, 0.05) is 25.7 Å². The minimum atomic E-state index is -3.60. The van der Waals surface area contributed by atoms with Crippen LogP contribution in [0.4, 0.5) is 5.69 Å². The maximum absolute atomic E-state index is 12.6. The molecule has 1 aromatic rings. The largest absolute Gasteiger partial charge is 0.326 e. The van der Waals surface area contributed by atoms with Crippen LogP contribution in [-0.4, -0.2) is 31.7 Å². The number of benzene rings is 1. The van der Waals surface area contributed by atoms with Gasteiger partial charge in [0.25, 0.3) is 0 Å². The third-order valence-corrected chi connectivity index (χ3v) is 5.56. The summed E-state index contributed by atoms with van der Waals surface area (Å²) in [6, 6.07) is 4.48. The van der Waals surface area contributed by atoms with Crippen molar-refractivity contribution in [2.75, 3.05) is 18.4 Å². The molecule has 0 saturated carbocycles. The fraction of sp³-hybridized carbons (Fsp3) is 0.462. The Hall–Kier alpha value is -1.11. The number of halogens is 1. The molecule has 0 atom stereocenters. The highest BCUT2D eigenvalue weighted by atomic mass is 35.5. The van der Waals surface area contributed by atoms with Gasteiger partial charge in [-0.2, -0.15) is 4.31 Å². The van der Waals surface area contributed by atoms with Crippen molar-refractivity contribution in [2.45, 2.75) is 31.1 Å². The molecular formula is C13H17ClN2O3S. The molecule has 0 unspecified atom stereocenters. The van der Waals surface area contributed by atoms with Crippen LogP contribution in [0, 0.1) is 0 Å². The van der Waals surface area contributed by atoms with Crippen LogP contribution in [0.5, 0.6) is 0 Å². The highest BCUT2D eigenvalue weighted by Crippen LogP contribution is 2.29. The number of nitrogens with one attached hydrogen (secondary N) is 1. The lowest BCUT2D eigenvalue weighted by atomic mass is 10.2. The lowest BCUT2D eigenvalue weighted by Crippen LogP contribution is -2.35. The van der Waals surface area contributed by atoms with Crippen LogP contribution in [0.25, 0.3) is 0 Å². The topological polar surface area (TPSA) is 66.5 Å². The number of sulfonamides is 1. The summed E-state index contributed by atoms with van der Waals surface area (Å²) in [5.41, 5.74) is 0.428. The molecule has 7 heteroatoms. The molecule has 1 amide bonds. The fourth-order valence-corrected chi connectivity index (χ4v) is 4.24. The minimum absolute atomic E-state index is 0.0484. The van der Waals surface area contributed by atoms with E-state index in [1.165, 1.54) is 23.4 Å². The van der Waals surface area contributed by atoms with Crippen LogP contribution in [0.3, 0.4) is 0 Å². The number of rotatable bonds is 3. The number of anilines is 1. The summed E-state index contributed by atoms with van der Waals surface area (Å²) in [7, 11) is -3.60. The molecule has 0 spiro atoms. The van der Waals surface area contributed by atoms with Gasteiger partial charge in [0.2, 0.25) is 15.9 Å². The van der Waals surface area contributed by atoms with Gasteiger partial charge in [-0.15, -0.1) is 0 Å². The average Bonchev–Trinajstić information content (AvgIpc) is 2.41. The molecule has 1 aliphatic rings. The predicted octanol–water partition coefficient (Wildman–Crippen LogP) is 2.47. The fourth-order valence-electron chi connectivity index (χ4n) is 2.23. The molecule has 1 aromatic carbocycles. The summed E-state index contributed by atoms with van der Waals surface area (Å²) in [6.45, 7) is 2.40. The molecule has 0 radical (unpaired) electrons. The summed E-state index contributed by atoms with van der Waals surface area (Å²) in [5, 5.41) is 2.74. The Labute approximate surface area is 124 Å². The molecule has 0 bridgehead atoms. The van der Waals surface area contributed by atoms with Gasteiger partial charge in [0.1, 0.15) is 4.90 Å². The first-order chi connectivity index (χ1) is 9.41. The molecule has 1 N–H and O–H groups in total. The summed E-state index contributed by atoms with van der Waals surface area (Å²) < 4.78 is 26.6. The van der Waals surface area contributed by atoms with Crippen LogP contribution >= 0.6 is 11.6 Å². The predicted molar refractivity (Wildman–Crippen MR) is 78.4 cm³/mol. The van der Waals surface area contributed by atoms with E-state index >= 15 is 0 Å². The molecule has 1 saturated heterocycles. The van der Waals surface area contributed by atoms with Crippen molar-refractivity contribution in [2.24, 2.45) is 0 Å². The van der Waals surface area contributed by atoms with E-state index in [0.29, 0.717) is 18.8 Å². The standard InChI is InChI=1S/C13H17ClN2O3S/c1-10(17)15-11-5-6-12(14)13(9-11)20(18,19)16-7-3-2-4-8-16/h5-6,9H,2-4,7-8H2,1H3,(H,15,17). The van der Waals surface area contributed by atoms with Crippen LogP contribution in [-0.2, 0) is 14.8 Å². The smallest absolute Gasteiger partial charge is 0.244 e. The number of nitrogens with zero attached hydrogens (tertiary/aromatic N) is 1. The Morgan fingerprint density at radius 2 is 1.90 bits per heavy atom. The lowest BCUT2D eigenvalue weighted by molar-refractivity contribution is -0.114. The number of piperidine rings is 1. The lowest BCUT2D eigenvalue weighted by Gasteiger charge is -2.26. The third kappa shape index (κ3) is 3.31. The quantitative estimate of drug-likeness (QED) is 0.931. The Balaban J connectivity index is 2.36. The van der Waals surface area contributed by atoms with Gasteiger partial charge in [-0.1, -0.05) is 18.0 Å². The van der Waals surface area contributed by atoms with Gasteiger partial charge in [-0.25, -0.2) is 8.42 Å². The van der Waals surface area contributed by atoms with Crippen LogP contribution < -0.4 is 5.32 Å². The zero-order valence-electron chi connectivity index (χ0n) is 11.2. The first-order valence-electron chi connectivity index (χ1n) is 6.48. The first kappa shape index (κ1) is 15.3. The van der Waals surface area contributed by atoms with Gasteiger partial charge in [0.15, 0.2) is 0 Å². The molecular weight excluding hydrogens is 300 g/mol. The van der Waals surface area contributed by atoms with E-state index < -0.39 is 10.0 Å². The summed E-state index contributed by atoms with van der Waals surface area (Å²) >= 11 is 6.02. The number of carbonyl (C=O) groups is 1. The van der Waals surface area contributed by atoms with E-state index in [9.17, 15) is 13.2 Å². The van der Waals surface area contributed by atoms with E-state index in [2.05, 4.69) is 5.32 Å². The molecule has 0 aliphatic carbocycles. The van der Waals surface area contributed by atoms with Crippen molar-refractivity contribution < 1.29 is 13.2 Å². The normalized spacial score (nSPS) is 16.9. The van der Waals surface area contributed by atoms with Crippen molar-refractivity contribution >= 4 is 33.2 Å². The average molecular weight is 317 g/mol. The SMILES string of the molecule is CC(=O)Nc1ccc(Cl)c(S(=O)(=O)N2CCCCC2)c1. The van der Waals surface area contributed by atoms with Gasteiger partial charge < -0.3 is 5.32 Å². The van der Waals surface area contributed by atoms with Gasteiger partial charge in [-0.3, -0.25) is 4.79 Å². The number of carbonyl (C=O) groups excluding carboxylic acids is 1. The highest BCUT2D eigenvalue weighted by Gasteiger charge is 2.28. The van der Waals surface area contributed by atoms with Crippen LogP contribution in [0.2, 0.25) is 5.02 Å². The molecule has 0 aromatic heterocycles. The molecule has 5 nitrogen and oxygen atoms in total. The number of hydrogen-bond donors (Lipinski definition) is 1. The van der Waals surface area contributed by atoms with Gasteiger partial charge in [0.05, 0.1) is 5.02 Å². The van der Waals surface area contributed by atoms with Gasteiger partial charge >= 0.3 is 0 Å². The molecule has 1 heterocycles. The minimum Gasteiger partial charge on any atom is -0.326 e. The maximum atomic E-state index is 12.6. The second-order valence-electron chi connectivity index (χ2n) is 4.79.